The van der Waals surface area contributed by atoms with Crippen molar-refractivity contribution < 1.29 is 14.7 Å². The van der Waals surface area contributed by atoms with Crippen molar-refractivity contribution in [1.82, 2.24) is 0 Å². The van der Waals surface area contributed by atoms with Gasteiger partial charge in [-0.1, -0.05) is 5.16 Å². The number of carboxylic acid groups (broad SMARTS) is 1. The second-order valence-corrected chi connectivity index (χ2v) is 2.28. The van der Waals surface area contributed by atoms with Gasteiger partial charge in [0.05, 0.1) is 5.71 Å². The first-order valence-corrected chi connectivity index (χ1v) is 3.15. The molecule has 3 N–H and O–H groups in total. The lowest BCUT2D eigenvalue weighted by molar-refractivity contribution is -0.140. The van der Waals surface area contributed by atoms with Crippen LogP contribution in [0.1, 0.15) is 13.8 Å². The highest BCUT2D eigenvalue weighted by Gasteiger charge is 2.10. The molecule has 64 valence electrons. The molecule has 0 saturated heterocycles. The van der Waals surface area contributed by atoms with Crippen LogP contribution in [-0.4, -0.2) is 29.4 Å². The lowest BCUT2D eigenvalue weighted by Crippen LogP contribution is -2.34. The van der Waals surface area contributed by atoms with E-state index in [9.17, 15) is 4.79 Å². The zero-order valence-corrected chi connectivity index (χ0v) is 6.57. The van der Waals surface area contributed by atoms with Gasteiger partial charge in [-0.05, 0) is 13.8 Å². The van der Waals surface area contributed by atoms with Gasteiger partial charge >= 0.3 is 5.97 Å². The van der Waals surface area contributed by atoms with E-state index in [0.717, 1.165) is 5.71 Å². The molecule has 0 saturated carbocycles. The molecule has 0 heterocycles. The number of aliphatic carboxylic acids is 1. The summed E-state index contributed by atoms with van der Waals surface area (Å²) in [7, 11) is 0. The number of nitrogens with zero attached hydrogens (tertiary/aromatic N) is 1. The number of rotatable bonds is 4. The number of oxime groups is 1. The molecule has 11 heavy (non-hydrogen) atoms. The van der Waals surface area contributed by atoms with Crippen LogP contribution in [0.4, 0.5) is 0 Å². The third kappa shape index (κ3) is 5.35. The Morgan fingerprint density at radius 1 is 1.73 bits per heavy atom. The predicted molar refractivity (Wildman–Crippen MR) is 40.3 cm³/mol. The molecular formula is C6H12N2O3. The van der Waals surface area contributed by atoms with Crippen LogP contribution in [0.15, 0.2) is 5.16 Å². The van der Waals surface area contributed by atoms with E-state index in [2.05, 4.69) is 9.99 Å². The molecule has 0 aliphatic rings. The van der Waals surface area contributed by atoms with Gasteiger partial charge in [-0.3, -0.25) is 4.79 Å². The first kappa shape index (κ1) is 9.90. The van der Waals surface area contributed by atoms with Crippen LogP contribution in [-0.2, 0) is 9.63 Å². The molecule has 0 fully saturated rings. The molecule has 0 rings (SSSR count). The Balaban J connectivity index is 3.55. The van der Waals surface area contributed by atoms with E-state index in [0.29, 0.717) is 0 Å². The average molecular weight is 160 g/mol. The van der Waals surface area contributed by atoms with Gasteiger partial charge in [0.15, 0.2) is 0 Å². The van der Waals surface area contributed by atoms with E-state index in [4.69, 9.17) is 10.8 Å². The highest BCUT2D eigenvalue weighted by atomic mass is 16.6. The Hall–Kier alpha value is -1.10. The topological polar surface area (TPSA) is 84.9 Å². The Labute approximate surface area is 64.8 Å². The summed E-state index contributed by atoms with van der Waals surface area (Å²) >= 11 is 0. The average Bonchev–Trinajstić information content (AvgIpc) is 1.86. The summed E-state index contributed by atoms with van der Waals surface area (Å²) < 4.78 is 0. The van der Waals surface area contributed by atoms with Crippen molar-refractivity contribution in [2.45, 2.75) is 19.9 Å². The van der Waals surface area contributed by atoms with Crippen molar-refractivity contribution >= 4 is 11.7 Å². The summed E-state index contributed by atoms with van der Waals surface area (Å²) in [6, 6.07) is -1.00. The Bertz CT molecular complexity index is 163. The van der Waals surface area contributed by atoms with Crippen LogP contribution in [0.2, 0.25) is 0 Å². The standard InChI is InChI=1S/C6H12N2O3/c1-4(2)8-11-3-5(7)6(9)10/h5H,3,7H2,1-2H3,(H,9,10)/t5-/m1/s1. The zero-order chi connectivity index (χ0) is 8.85. The van der Waals surface area contributed by atoms with Crippen LogP contribution in [0, 0.1) is 0 Å². The third-order valence-electron chi connectivity index (χ3n) is 0.818. The van der Waals surface area contributed by atoms with E-state index >= 15 is 0 Å². The van der Waals surface area contributed by atoms with Crippen molar-refractivity contribution in [2.24, 2.45) is 10.9 Å². The first-order chi connectivity index (χ1) is 5.04. The van der Waals surface area contributed by atoms with Crippen molar-refractivity contribution in [3.8, 4) is 0 Å². The normalized spacial score (nSPS) is 11.9. The van der Waals surface area contributed by atoms with E-state index in [1.54, 1.807) is 13.8 Å². The minimum Gasteiger partial charge on any atom is -0.480 e. The molecule has 5 nitrogen and oxygen atoms in total. The highest BCUT2D eigenvalue weighted by Crippen LogP contribution is 1.84. The molecule has 0 aliphatic heterocycles. The van der Waals surface area contributed by atoms with Gasteiger partial charge in [0, 0.05) is 0 Å². The van der Waals surface area contributed by atoms with E-state index in [-0.39, 0.29) is 6.61 Å². The zero-order valence-electron chi connectivity index (χ0n) is 6.57. The Morgan fingerprint density at radius 3 is 2.64 bits per heavy atom. The van der Waals surface area contributed by atoms with Crippen LogP contribution >= 0.6 is 0 Å². The van der Waals surface area contributed by atoms with Crippen LogP contribution in [0.3, 0.4) is 0 Å². The summed E-state index contributed by atoms with van der Waals surface area (Å²) in [4.78, 5) is 14.7. The quantitative estimate of drug-likeness (QED) is 0.441. The Morgan fingerprint density at radius 2 is 2.27 bits per heavy atom. The summed E-state index contributed by atoms with van der Waals surface area (Å²) in [5.41, 5.74) is 5.83. The number of hydrogen-bond acceptors (Lipinski definition) is 4. The largest absolute Gasteiger partial charge is 0.480 e. The SMILES string of the molecule is CC(C)=NOC[C@@H](N)C(=O)O. The molecule has 0 aromatic rings. The summed E-state index contributed by atoms with van der Waals surface area (Å²) in [6.45, 7) is 3.39. The third-order valence-corrected chi connectivity index (χ3v) is 0.818. The molecule has 0 aromatic heterocycles. The summed E-state index contributed by atoms with van der Waals surface area (Å²) in [5, 5.41) is 11.8. The second kappa shape index (κ2) is 4.68. The molecular weight excluding hydrogens is 148 g/mol. The maximum atomic E-state index is 10.1. The highest BCUT2D eigenvalue weighted by molar-refractivity contribution is 5.78. The lowest BCUT2D eigenvalue weighted by atomic mass is 10.3. The molecule has 0 aromatic carbocycles. The monoisotopic (exact) mass is 160 g/mol. The minimum absolute atomic E-state index is 0.0967. The van der Waals surface area contributed by atoms with Gasteiger partial charge in [0.2, 0.25) is 0 Å². The van der Waals surface area contributed by atoms with Crippen molar-refractivity contribution in [3.63, 3.8) is 0 Å². The number of hydrogen-bond donors (Lipinski definition) is 2. The van der Waals surface area contributed by atoms with Gasteiger partial charge < -0.3 is 15.7 Å². The van der Waals surface area contributed by atoms with E-state index in [1.165, 1.54) is 0 Å². The number of carbonyl (C=O) groups is 1. The molecule has 1 atom stereocenters. The van der Waals surface area contributed by atoms with Crippen LogP contribution in [0.25, 0.3) is 0 Å². The second-order valence-electron chi connectivity index (χ2n) is 2.28. The summed E-state index contributed by atoms with van der Waals surface area (Å²) in [6.07, 6.45) is 0. The van der Waals surface area contributed by atoms with Crippen LogP contribution in [0.5, 0.6) is 0 Å². The van der Waals surface area contributed by atoms with Crippen molar-refractivity contribution in [1.29, 1.82) is 0 Å². The fourth-order valence-electron chi connectivity index (χ4n) is 0.318. The molecule has 0 unspecified atom stereocenters. The minimum atomic E-state index is -1.09. The number of nitrogens with two attached hydrogens (primary N) is 1. The van der Waals surface area contributed by atoms with Gasteiger partial charge in [0.1, 0.15) is 12.6 Å². The van der Waals surface area contributed by atoms with Gasteiger partial charge in [-0.15, -0.1) is 0 Å². The van der Waals surface area contributed by atoms with Crippen LogP contribution < -0.4 is 5.73 Å². The fraction of sp³-hybridized carbons (Fsp3) is 0.667. The van der Waals surface area contributed by atoms with E-state index < -0.39 is 12.0 Å². The number of carboxylic acids is 1. The predicted octanol–water partition coefficient (Wildman–Crippen LogP) is -0.189. The molecule has 0 bridgehead atoms. The fourth-order valence-corrected chi connectivity index (χ4v) is 0.318. The van der Waals surface area contributed by atoms with Crippen molar-refractivity contribution in [2.75, 3.05) is 6.61 Å². The van der Waals surface area contributed by atoms with Gasteiger partial charge in [-0.25, -0.2) is 0 Å². The molecule has 0 aliphatic carbocycles. The first-order valence-electron chi connectivity index (χ1n) is 3.15. The summed E-state index contributed by atoms with van der Waals surface area (Å²) in [5.74, 6) is -1.09. The van der Waals surface area contributed by atoms with Gasteiger partial charge in [-0.2, -0.15) is 0 Å². The van der Waals surface area contributed by atoms with E-state index in [1.807, 2.05) is 0 Å². The van der Waals surface area contributed by atoms with Crippen molar-refractivity contribution in [3.05, 3.63) is 0 Å². The molecule has 0 radical (unpaired) electrons. The lowest BCUT2D eigenvalue weighted by Gasteiger charge is -2.03. The maximum absolute atomic E-state index is 10.1. The van der Waals surface area contributed by atoms with Gasteiger partial charge in [0.25, 0.3) is 0 Å². The molecule has 0 amide bonds. The smallest absolute Gasteiger partial charge is 0.324 e. The maximum Gasteiger partial charge on any atom is 0.324 e. The molecule has 5 heteroatoms. The Kier molecular flexibility index (Phi) is 4.21. The molecule has 0 spiro atoms.